The third-order valence-corrected chi connectivity index (χ3v) is 6.64. The Morgan fingerprint density at radius 3 is 2.50 bits per heavy atom. The summed E-state index contributed by atoms with van der Waals surface area (Å²) in [6.07, 6.45) is 2.57. The van der Waals surface area contributed by atoms with Crippen molar-refractivity contribution in [3.05, 3.63) is 28.7 Å². The van der Waals surface area contributed by atoms with Crippen molar-refractivity contribution < 1.29 is 4.79 Å². The van der Waals surface area contributed by atoms with Crippen LogP contribution in [0.4, 0.5) is 0 Å². The molecule has 26 heavy (non-hydrogen) atoms. The number of hydrogen-bond acceptors (Lipinski definition) is 5. The molecule has 0 spiro atoms. The molecule has 140 valence electrons. The quantitative estimate of drug-likeness (QED) is 0.809. The van der Waals surface area contributed by atoms with Crippen molar-refractivity contribution in [1.82, 2.24) is 24.4 Å². The average Bonchev–Trinajstić information content (AvgIpc) is 2.98. The number of amides is 1. The first kappa shape index (κ1) is 17.8. The average molecular weight is 374 g/mol. The molecule has 0 N–H and O–H groups in total. The second kappa shape index (κ2) is 7.19. The smallest absolute Gasteiger partial charge is 0.259 e. The molecule has 0 saturated carbocycles. The van der Waals surface area contributed by atoms with Gasteiger partial charge in [-0.3, -0.25) is 9.69 Å². The Kier molecular flexibility index (Phi) is 4.92. The molecule has 1 amide bonds. The summed E-state index contributed by atoms with van der Waals surface area (Å²) in [5, 5.41) is 4.55. The highest BCUT2D eigenvalue weighted by Gasteiger charge is 2.30. The third-order valence-electron chi connectivity index (χ3n) is 5.59. The van der Waals surface area contributed by atoms with Gasteiger partial charge in [-0.05, 0) is 51.2 Å². The van der Waals surface area contributed by atoms with E-state index in [-0.39, 0.29) is 5.91 Å². The van der Waals surface area contributed by atoms with Crippen LogP contribution in [0.5, 0.6) is 0 Å². The van der Waals surface area contributed by atoms with Gasteiger partial charge in [0, 0.05) is 43.6 Å². The molecule has 2 aliphatic rings. The van der Waals surface area contributed by atoms with Crippen LogP contribution in [0.2, 0.25) is 0 Å². The molecular formula is C19H27N5OS. The van der Waals surface area contributed by atoms with E-state index in [0.717, 1.165) is 43.3 Å². The zero-order valence-electron chi connectivity index (χ0n) is 15.9. The maximum atomic E-state index is 13.2. The SMILES string of the molecule is Cc1cc(C)n2nc(C)c(C(=O)N3CCN(C4CCSCC4)CC3)c2n1. The number of piperazine rings is 1. The van der Waals surface area contributed by atoms with E-state index in [9.17, 15) is 4.79 Å². The molecule has 2 fully saturated rings. The number of thioether (sulfide) groups is 1. The number of nitrogens with zero attached hydrogens (tertiary/aromatic N) is 5. The van der Waals surface area contributed by atoms with E-state index in [2.05, 4.69) is 26.7 Å². The standard InChI is InChI=1S/C19H27N5OS/c1-13-12-14(2)24-18(20-13)17(15(3)21-24)19(25)23-8-6-22(7-9-23)16-4-10-26-11-5-16/h12,16H,4-11H2,1-3H3. The topological polar surface area (TPSA) is 53.7 Å². The maximum absolute atomic E-state index is 13.2. The summed E-state index contributed by atoms with van der Waals surface area (Å²) in [6, 6.07) is 2.70. The lowest BCUT2D eigenvalue weighted by molar-refractivity contribution is 0.0560. The van der Waals surface area contributed by atoms with Crippen LogP contribution >= 0.6 is 11.8 Å². The van der Waals surface area contributed by atoms with Gasteiger partial charge in [0.15, 0.2) is 5.65 Å². The number of aromatic nitrogens is 3. The molecule has 4 rings (SSSR count). The van der Waals surface area contributed by atoms with Gasteiger partial charge in [-0.2, -0.15) is 16.9 Å². The van der Waals surface area contributed by atoms with Crippen LogP contribution in [0.15, 0.2) is 6.07 Å². The Balaban J connectivity index is 1.52. The van der Waals surface area contributed by atoms with Crippen molar-refractivity contribution in [3.8, 4) is 0 Å². The minimum Gasteiger partial charge on any atom is -0.336 e. The predicted molar refractivity (Wildman–Crippen MR) is 105 cm³/mol. The van der Waals surface area contributed by atoms with E-state index in [1.165, 1.54) is 24.3 Å². The summed E-state index contributed by atoms with van der Waals surface area (Å²) < 4.78 is 1.80. The number of aryl methyl sites for hydroxylation is 3. The Bertz CT molecular complexity index is 819. The van der Waals surface area contributed by atoms with Gasteiger partial charge in [-0.15, -0.1) is 0 Å². The van der Waals surface area contributed by atoms with E-state index in [4.69, 9.17) is 0 Å². The summed E-state index contributed by atoms with van der Waals surface area (Å²) in [5.41, 5.74) is 4.05. The number of carbonyl (C=O) groups excluding carboxylic acids is 1. The molecule has 4 heterocycles. The number of hydrogen-bond donors (Lipinski definition) is 0. The van der Waals surface area contributed by atoms with Crippen LogP contribution in [0, 0.1) is 20.8 Å². The van der Waals surface area contributed by atoms with Crippen LogP contribution < -0.4 is 0 Å². The first-order chi connectivity index (χ1) is 12.5. The third kappa shape index (κ3) is 3.22. The lowest BCUT2D eigenvalue weighted by Crippen LogP contribution is -2.52. The highest BCUT2D eigenvalue weighted by Crippen LogP contribution is 2.24. The molecule has 2 saturated heterocycles. The van der Waals surface area contributed by atoms with E-state index in [0.29, 0.717) is 17.3 Å². The maximum Gasteiger partial charge on any atom is 0.259 e. The van der Waals surface area contributed by atoms with Crippen molar-refractivity contribution in [2.24, 2.45) is 0 Å². The summed E-state index contributed by atoms with van der Waals surface area (Å²) in [5.74, 6) is 2.62. The number of fused-ring (bicyclic) bond motifs is 1. The van der Waals surface area contributed by atoms with Crippen molar-refractivity contribution >= 4 is 23.3 Å². The minimum absolute atomic E-state index is 0.0776. The second-order valence-electron chi connectivity index (χ2n) is 7.41. The van der Waals surface area contributed by atoms with Gasteiger partial charge in [0.2, 0.25) is 0 Å². The van der Waals surface area contributed by atoms with Crippen molar-refractivity contribution in [2.45, 2.75) is 39.7 Å². The van der Waals surface area contributed by atoms with Gasteiger partial charge in [0.05, 0.1) is 5.69 Å². The van der Waals surface area contributed by atoms with E-state index in [1.54, 1.807) is 4.52 Å². The van der Waals surface area contributed by atoms with Gasteiger partial charge in [-0.1, -0.05) is 0 Å². The monoisotopic (exact) mass is 373 g/mol. The zero-order chi connectivity index (χ0) is 18.3. The largest absolute Gasteiger partial charge is 0.336 e. The number of rotatable bonds is 2. The van der Waals surface area contributed by atoms with Gasteiger partial charge < -0.3 is 4.90 Å². The molecule has 0 atom stereocenters. The zero-order valence-corrected chi connectivity index (χ0v) is 16.7. The summed E-state index contributed by atoms with van der Waals surface area (Å²) in [6.45, 7) is 9.42. The van der Waals surface area contributed by atoms with E-state index >= 15 is 0 Å². The molecule has 2 aliphatic heterocycles. The van der Waals surface area contributed by atoms with Gasteiger partial charge in [0.1, 0.15) is 5.56 Å². The summed E-state index contributed by atoms with van der Waals surface area (Å²) >= 11 is 2.06. The lowest BCUT2D eigenvalue weighted by Gasteiger charge is -2.40. The van der Waals surface area contributed by atoms with E-state index < -0.39 is 0 Å². The second-order valence-corrected chi connectivity index (χ2v) is 8.63. The fraction of sp³-hybridized carbons (Fsp3) is 0.632. The normalized spacial score (nSPS) is 20.0. The molecule has 0 bridgehead atoms. The molecule has 0 aliphatic carbocycles. The molecule has 7 heteroatoms. The van der Waals surface area contributed by atoms with Crippen molar-refractivity contribution in [1.29, 1.82) is 0 Å². The Hall–Kier alpha value is -1.60. The van der Waals surface area contributed by atoms with Crippen molar-refractivity contribution in [3.63, 3.8) is 0 Å². The molecule has 2 aromatic heterocycles. The van der Waals surface area contributed by atoms with Crippen LogP contribution in [-0.2, 0) is 0 Å². The molecule has 0 aromatic carbocycles. The first-order valence-electron chi connectivity index (χ1n) is 9.49. The Morgan fingerprint density at radius 2 is 1.81 bits per heavy atom. The van der Waals surface area contributed by atoms with Crippen LogP contribution in [0.3, 0.4) is 0 Å². The van der Waals surface area contributed by atoms with Crippen LogP contribution in [0.1, 0.15) is 40.3 Å². The lowest BCUT2D eigenvalue weighted by atomic mass is 10.1. The van der Waals surface area contributed by atoms with Gasteiger partial charge >= 0.3 is 0 Å². The fourth-order valence-electron chi connectivity index (χ4n) is 4.18. The molecule has 0 unspecified atom stereocenters. The Labute approximate surface area is 158 Å². The molecular weight excluding hydrogens is 346 g/mol. The molecule has 6 nitrogen and oxygen atoms in total. The predicted octanol–water partition coefficient (Wildman–Crippen LogP) is 2.31. The fourth-order valence-corrected chi connectivity index (χ4v) is 5.26. The van der Waals surface area contributed by atoms with Gasteiger partial charge in [0.25, 0.3) is 5.91 Å². The van der Waals surface area contributed by atoms with E-state index in [1.807, 2.05) is 31.7 Å². The minimum atomic E-state index is 0.0776. The number of carbonyl (C=O) groups is 1. The molecule has 0 radical (unpaired) electrons. The van der Waals surface area contributed by atoms with Crippen LogP contribution in [-0.4, -0.2) is 74.0 Å². The summed E-state index contributed by atoms with van der Waals surface area (Å²) in [4.78, 5) is 22.4. The highest BCUT2D eigenvalue weighted by molar-refractivity contribution is 7.99. The van der Waals surface area contributed by atoms with Crippen LogP contribution in [0.25, 0.3) is 5.65 Å². The summed E-state index contributed by atoms with van der Waals surface area (Å²) in [7, 11) is 0. The first-order valence-corrected chi connectivity index (χ1v) is 10.6. The highest BCUT2D eigenvalue weighted by atomic mass is 32.2. The Morgan fingerprint density at radius 1 is 1.12 bits per heavy atom. The van der Waals surface area contributed by atoms with Crippen molar-refractivity contribution in [2.75, 3.05) is 37.7 Å². The molecule has 2 aromatic rings. The van der Waals surface area contributed by atoms with Gasteiger partial charge in [-0.25, -0.2) is 9.50 Å².